The van der Waals surface area contributed by atoms with Gasteiger partial charge >= 0.3 is 0 Å². The maximum Gasteiger partial charge on any atom is 0.179 e. The van der Waals surface area contributed by atoms with Crippen molar-refractivity contribution in [2.45, 2.75) is 170 Å². The van der Waals surface area contributed by atoms with Crippen LogP contribution in [0.4, 0.5) is 8.78 Å². The summed E-state index contributed by atoms with van der Waals surface area (Å²) >= 11 is 0. The minimum Gasteiger partial charge on any atom is -0.508 e. The molecule has 14 aromatic rings. The van der Waals surface area contributed by atoms with Gasteiger partial charge in [0.1, 0.15) is 74.9 Å². The van der Waals surface area contributed by atoms with Crippen molar-refractivity contribution in [1.29, 1.82) is 0 Å². The summed E-state index contributed by atoms with van der Waals surface area (Å²) in [5.41, 5.74) is 14.9. The Morgan fingerprint density at radius 2 is 0.707 bits per heavy atom. The summed E-state index contributed by atoms with van der Waals surface area (Å²) in [6.45, 7) is 31.7. The van der Waals surface area contributed by atoms with Gasteiger partial charge in [-0.15, -0.1) is 0 Å². The zero-order valence-corrected chi connectivity index (χ0v) is 82.6. The fourth-order valence-corrected chi connectivity index (χ4v) is 10.6. The lowest BCUT2D eigenvalue weighted by Crippen LogP contribution is -1.95. The Hall–Kier alpha value is -16.6. The van der Waals surface area contributed by atoms with Gasteiger partial charge in [0.2, 0.25) is 0 Å². The lowest BCUT2D eigenvalue weighted by molar-refractivity contribution is -0.117. The zero-order chi connectivity index (χ0) is 105. The standard InChI is InChI=1S/C10H9FN2O.C10H12O2.2C10H12O.2C9H10O.C8H7FO2.2C8H8O2.C8H8O.C7H7NO.C6H6N2O.C5H6N2O.C5H10O/c1-6-4-9(13-12-6)8-5-7(11)2-3-10(8)14;1-8(11)2-3-9-4-6-10(12)7-5-9;2*1-8-3-5-10(6-4-8)7-9(2)11;2*1-7-3-5-9(6-4-7)8(2)10;1-5(10)7-4-6(9)2-3-8(7)11;1-6(9)7-2-4-8(10)5-3-7;1-6(9)7-4-2-3-5-8(7)10;1-7(9)8-5-3-2-4-6-8;1-6(9)7-3-2-4-8-5-7;1-5(9)6-4-7-2-3-8-6;1-4(8)5-2-3-6-7-5;1-3-4-5(2)6/h2-5,14H,1H3,(H,12,13);4-7,12H,2-3H2,1H3;2*3-6H,7H2,1-2H3;2*3-6H,1-2H3;2-4,11H,1H3;2*2-5,10H,1H3;2-6H,1H3;2-5H,1H3;2-4H,1H3;2-3H,1H3,(H,6,7);3-4H2,1-2H3. The number of Topliss-reactive ketones (excluding diaryl/α,β-unsaturated/α-hetero) is 13. The van der Waals surface area contributed by atoms with Crippen molar-refractivity contribution in [3.8, 4) is 40.0 Å². The first-order valence-corrected chi connectivity index (χ1v) is 44.0. The first kappa shape index (κ1) is 121. The molecule has 0 unspecified atom stereocenters. The molecule has 27 heteroatoms. The number of aromatic nitrogens is 7. The van der Waals surface area contributed by atoms with E-state index in [9.17, 15) is 76.2 Å². The lowest BCUT2D eigenvalue weighted by atomic mass is 10.1. The van der Waals surface area contributed by atoms with E-state index in [1.54, 1.807) is 134 Å². The van der Waals surface area contributed by atoms with Gasteiger partial charge in [-0.25, -0.2) is 13.8 Å². The number of para-hydroxylation sites is 1. The number of rotatable bonds is 19. The molecule has 0 fully saturated rings. The number of hydrogen-bond donors (Lipinski definition) is 7. The molecule has 25 nitrogen and oxygen atoms in total. The highest BCUT2D eigenvalue weighted by Gasteiger charge is 2.11. The van der Waals surface area contributed by atoms with Crippen molar-refractivity contribution in [3.05, 3.63) is 405 Å². The number of nitrogens with one attached hydrogen (secondary N) is 2. The van der Waals surface area contributed by atoms with Gasteiger partial charge in [0.25, 0.3) is 0 Å². The number of halogens is 2. The van der Waals surface area contributed by atoms with E-state index in [0.29, 0.717) is 58.6 Å². The van der Waals surface area contributed by atoms with E-state index in [2.05, 4.69) is 35.3 Å². The number of aryl methyl sites for hydroxylation is 6. The third-order valence-corrected chi connectivity index (χ3v) is 18.3. The number of nitrogens with zero attached hydrogens (tertiary/aromatic N) is 5. The Morgan fingerprint density at radius 1 is 0.314 bits per heavy atom. The third kappa shape index (κ3) is 56.6. The number of ketones is 13. The number of pyridine rings is 1. The maximum absolute atomic E-state index is 12.9. The molecule has 0 aliphatic heterocycles. The Bertz CT molecular complexity index is 5850. The molecule has 10 aromatic carbocycles. The Morgan fingerprint density at radius 3 is 1.02 bits per heavy atom. The van der Waals surface area contributed by atoms with Crippen LogP contribution in [0.3, 0.4) is 0 Å². The van der Waals surface area contributed by atoms with Crippen molar-refractivity contribution >= 4 is 75.2 Å². The largest absolute Gasteiger partial charge is 0.508 e. The van der Waals surface area contributed by atoms with Gasteiger partial charge in [-0.1, -0.05) is 181 Å². The van der Waals surface area contributed by atoms with Crippen molar-refractivity contribution in [3.63, 3.8) is 0 Å². The number of aromatic hydroxyl groups is 5. The fraction of sp³-hybridized carbons (Fsp3) is 0.221. The molecule has 0 bridgehead atoms. The number of H-pyrrole nitrogens is 2. The first-order valence-electron chi connectivity index (χ1n) is 44.0. The average Bonchev–Trinajstić information content (AvgIpc) is 1.66. The summed E-state index contributed by atoms with van der Waals surface area (Å²) in [4.78, 5) is 149. The third-order valence-electron chi connectivity index (χ3n) is 18.3. The van der Waals surface area contributed by atoms with Gasteiger partial charge in [-0.2, -0.15) is 10.2 Å². The summed E-state index contributed by atoms with van der Waals surface area (Å²) < 4.78 is 25.3. The normalized spacial score (nSPS) is 9.44. The number of carbonyl (C=O) groups excluding carboxylic acids is 13. The molecule has 0 amide bonds. The Balaban J connectivity index is 0.000000756. The van der Waals surface area contributed by atoms with Gasteiger partial charge < -0.3 is 35.1 Å². The molecule has 0 aliphatic carbocycles. The summed E-state index contributed by atoms with van der Waals surface area (Å²) in [5, 5.41) is 58.2. The van der Waals surface area contributed by atoms with Crippen LogP contribution in [0.1, 0.15) is 254 Å². The highest BCUT2D eigenvalue weighted by molar-refractivity contribution is 5.98. The fourth-order valence-electron chi connectivity index (χ4n) is 10.6. The van der Waals surface area contributed by atoms with Crippen LogP contribution in [0.2, 0.25) is 0 Å². The van der Waals surface area contributed by atoms with Gasteiger partial charge in [0, 0.05) is 110 Å². The van der Waals surface area contributed by atoms with Crippen molar-refractivity contribution in [2.75, 3.05) is 0 Å². The summed E-state index contributed by atoms with van der Waals surface area (Å²) in [6.07, 6.45) is 13.4. The van der Waals surface area contributed by atoms with Crippen LogP contribution >= 0.6 is 0 Å². The van der Waals surface area contributed by atoms with E-state index in [1.165, 1.54) is 119 Å². The molecule has 734 valence electrons. The predicted octanol–water partition coefficient (Wildman–Crippen LogP) is 23.6. The van der Waals surface area contributed by atoms with Gasteiger partial charge in [-0.05, 0) is 250 Å². The minimum absolute atomic E-state index is 0.0139. The molecule has 0 atom stereocenters. The molecule has 0 spiro atoms. The lowest BCUT2D eigenvalue weighted by Gasteiger charge is -1.99. The van der Waals surface area contributed by atoms with Crippen LogP contribution in [0.15, 0.2) is 298 Å². The van der Waals surface area contributed by atoms with Crippen LogP contribution < -0.4 is 0 Å². The number of aromatic amines is 2. The molecule has 0 aliphatic rings. The van der Waals surface area contributed by atoms with Crippen LogP contribution in [0.25, 0.3) is 11.3 Å². The topological polar surface area (TPSA) is 419 Å². The predicted molar refractivity (Wildman–Crippen MR) is 542 cm³/mol. The van der Waals surface area contributed by atoms with Crippen molar-refractivity contribution < 1.29 is 96.6 Å². The summed E-state index contributed by atoms with van der Waals surface area (Å²) in [7, 11) is 0. The van der Waals surface area contributed by atoms with E-state index in [-0.39, 0.29) is 109 Å². The number of phenolic OH excluding ortho intramolecular Hbond substituents is 5. The number of phenols is 5. The molecule has 0 radical (unpaired) electrons. The van der Waals surface area contributed by atoms with Crippen molar-refractivity contribution in [1.82, 2.24) is 35.3 Å². The van der Waals surface area contributed by atoms with Gasteiger partial charge in [0.15, 0.2) is 52.0 Å². The van der Waals surface area contributed by atoms with Gasteiger partial charge in [-0.3, -0.25) is 72.9 Å². The monoisotopic (exact) mass is 1910 g/mol. The highest BCUT2D eigenvalue weighted by atomic mass is 19.1. The number of carbonyl (C=O) groups is 13. The molecule has 7 N–H and O–H groups in total. The van der Waals surface area contributed by atoms with E-state index in [1.807, 2.05) is 181 Å². The SMILES string of the molecule is CC(=O)CCc1ccc(O)cc1.CC(=O)Cc1ccc(C)cc1.CC(=O)Cc1ccc(C)cc1.CC(=O)c1cc(F)ccc1O.CC(=O)c1ccc(C)cc1.CC(=O)c1ccc(C)cc1.CC(=O)c1ccc(O)cc1.CC(=O)c1ccccc1.CC(=O)c1ccccc1O.CC(=O)c1cccnc1.CC(=O)c1ccn[nH]1.CC(=O)c1cnccn1.CCCC(C)=O.Cc1cc(-c2cc(F)ccc2O)n[nH]1. The Labute approximate surface area is 817 Å². The smallest absolute Gasteiger partial charge is 0.179 e. The first-order chi connectivity index (χ1) is 66.1. The van der Waals surface area contributed by atoms with Crippen LogP contribution in [-0.4, -0.2) is 136 Å². The van der Waals surface area contributed by atoms with E-state index >= 15 is 0 Å². The summed E-state index contributed by atoms with van der Waals surface area (Å²) in [5.74, 6) is 0.303. The van der Waals surface area contributed by atoms with Crippen LogP contribution in [-0.2, 0) is 38.4 Å². The molecule has 4 aromatic heterocycles. The number of benzene rings is 10. The highest BCUT2D eigenvalue weighted by Crippen LogP contribution is 2.29. The molecular formula is C113H125F2N7O18. The maximum atomic E-state index is 12.9. The van der Waals surface area contributed by atoms with E-state index in [0.717, 1.165) is 76.5 Å². The molecule has 0 saturated heterocycles. The summed E-state index contributed by atoms with van der Waals surface area (Å²) in [6, 6.07) is 74.0. The van der Waals surface area contributed by atoms with E-state index < -0.39 is 11.6 Å². The zero-order valence-electron chi connectivity index (χ0n) is 82.6. The molecule has 4 heterocycles. The number of hydrogen-bond acceptors (Lipinski definition) is 23. The average molecular weight is 1910 g/mol. The Kier molecular flexibility index (Phi) is 59.3. The molecular weight excluding hydrogens is 1780 g/mol. The van der Waals surface area contributed by atoms with Crippen LogP contribution in [0, 0.1) is 46.3 Å². The second kappa shape index (κ2) is 68.4. The second-order valence-electron chi connectivity index (χ2n) is 31.3. The van der Waals surface area contributed by atoms with Crippen LogP contribution in [0.5, 0.6) is 28.7 Å². The molecule has 0 saturated carbocycles. The minimum atomic E-state index is -0.520. The second-order valence-corrected chi connectivity index (χ2v) is 31.3. The molecule has 140 heavy (non-hydrogen) atoms. The van der Waals surface area contributed by atoms with Gasteiger partial charge in [0.05, 0.1) is 23.0 Å². The molecule has 14 rings (SSSR count). The van der Waals surface area contributed by atoms with E-state index in [4.69, 9.17) is 20.4 Å². The van der Waals surface area contributed by atoms with Crippen molar-refractivity contribution in [2.24, 2.45) is 0 Å². The quantitative estimate of drug-likeness (QED) is 0.0370.